The standard InChI is InChI=1S/C30H34N4O2/c1-30(2,3)25-15-12-23(13-16-25)14-17-27(35)32-28(24-9-5-4-6-10-24)29(36)34-21-19-33(20-22-34)26-11-7-8-18-31-26/h4-18,28H,19-22H2,1-3H3,(H,32,35)/b17-14+/t28-/m1/s1. The number of nitrogens with one attached hydrogen (secondary N) is 1. The minimum atomic E-state index is -0.743. The number of hydrogen-bond donors (Lipinski definition) is 1. The highest BCUT2D eigenvalue weighted by atomic mass is 16.2. The molecule has 36 heavy (non-hydrogen) atoms. The van der Waals surface area contributed by atoms with E-state index in [4.69, 9.17) is 0 Å². The van der Waals surface area contributed by atoms with Gasteiger partial charge in [-0.1, -0.05) is 81.4 Å². The highest BCUT2D eigenvalue weighted by Crippen LogP contribution is 2.23. The third-order valence-corrected chi connectivity index (χ3v) is 6.43. The van der Waals surface area contributed by atoms with Gasteiger partial charge in [0.05, 0.1) is 0 Å². The Morgan fingerprint density at radius 1 is 0.889 bits per heavy atom. The van der Waals surface area contributed by atoms with Gasteiger partial charge in [0.2, 0.25) is 11.8 Å². The maximum Gasteiger partial charge on any atom is 0.249 e. The molecule has 0 spiro atoms. The molecule has 6 heteroatoms. The lowest BCUT2D eigenvalue weighted by molar-refractivity contribution is -0.136. The molecule has 0 aliphatic carbocycles. The molecule has 2 aromatic carbocycles. The van der Waals surface area contributed by atoms with E-state index in [1.165, 1.54) is 11.6 Å². The molecule has 4 rings (SSSR count). The van der Waals surface area contributed by atoms with E-state index >= 15 is 0 Å². The normalized spacial score (nSPS) is 15.1. The van der Waals surface area contributed by atoms with Crippen LogP contribution in [0.5, 0.6) is 0 Å². The summed E-state index contributed by atoms with van der Waals surface area (Å²) in [6.07, 6.45) is 5.05. The first-order valence-electron chi connectivity index (χ1n) is 12.4. The maximum absolute atomic E-state index is 13.5. The fourth-order valence-electron chi connectivity index (χ4n) is 4.27. The number of aromatic nitrogens is 1. The van der Waals surface area contributed by atoms with Crippen molar-refractivity contribution in [3.63, 3.8) is 0 Å². The highest BCUT2D eigenvalue weighted by Gasteiger charge is 2.29. The Hall–Kier alpha value is -3.93. The molecular formula is C30H34N4O2. The summed E-state index contributed by atoms with van der Waals surface area (Å²) >= 11 is 0. The Morgan fingerprint density at radius 2 is 1.56 bits per heavy atom. The van der Waals surface area contributed by atoms with E-state index in [-0.39, 0.29) is 17.2 Å². The van der Waals surface area contributed by atoms with Gasteiger partial charge in [0.1, 0.15) is 11.9 Å². The number of pyridine rings is 1. The summed E-state index contributed by atoms with van der Waals surface area (Å²) in [7, 11) is 0. The lowest BCUT2D eigenvalue weighted by atomic mass is 9.87. The van der Waals surface area contributed by atoms with Gasteiger partial charge < -0.3 is 15.1 Å². The Balaban J connectivity index is 1.43. The minimum absolute atomic E-state index is 0.0754. The van der Waals surface area contributed by atoms with Gasteiger partial charge in [-0.05, 0) is 40.3 Å². The molecule has 1 atom stereocenters. The summed E-state index contributed by atoms with van der Waals surface area (Å²) in [5.74, 6) is 0.514. The minimum Gasteiger partial charge on any atom is -0.353 e. The van der Waals surface area contributed by atoms with Crippen LogP contribution < -0.4 is 10.2 Å². The molecule has 0 bridgehead atoms. The van der Waals surface area contributed by atoms with E-state index in [2.05, 4.69) is 48.1 Å². The molecule has 2 heterocycles. The summed E-state index contributed by atoms with van der Waals surface area (Å²) in [4.78, 5) is 34.8. The monoisotopic (exact) mass is 482 g/mol. The SMILES string of the molecule is CC(C)(C)c1ccc(/C=C/C(=O)N[C@@H](C(=O)N2CCN(c3ccccn3)CC2)c2ccccc2)cc1. The van der Waals surface area contributed by atoms with Crippen LogP contribution in [0.2, 0.25) is 0 Å². The van der Waals surface area contributed by atoms with E-state index in [9.17, 15) is 9.59 Å². The zero-order valence-electron chi connectivity index (χ0n) is 21.2. The van der Waals surface area contributed by atoms with Gasteiger partial charge in [0.25, 0.3) is 0 Å². The van der Waals surface area contributed by atoms with Crippen LogP contribution in [0.1, 0.15) is 43.5 Å². The molecule has 1 aromatic heterocycles. The number of carbonyl (C=O) groups is 2. The van der Waals surface area contributed by atoms with E-state index in [1.807, 2.05) is 65.6 Å². The number of carbonyl (C=O) groups excluding carboxylic acids is 2. The second-order valence-electron chi connectivity index (χ2n) is 10.1. The van der Waals surface area contributed by atoms with E-state index in [0.717, 1.165) is 16.9 Å². The molecule has 0 unspecified atom stereocenters. The predicted octanol–water partition coefficient (Wildman–Crippen LogP) is 4.60. The van der Waals surface area contributed by atoms with Crippen molar-refractivity contribution >= 4 is 23.7 Å². The molecule has 6 nitrogen and oxygen atoms in total. The third-order valence-electron chi connectivity index (χ3n) is 6.43. The summed E-state index contributed by atoms with van der Waals surface area (Å²) < 4.78 is 0. The summed E-state index contributed by atoms with van der Waals surface area (Å²) in [6, 6.07) is 22.7. The largest absolute Gasteiger partial charge is 0.353 e. The maximum atomic E-state index is 13.5. The first-order valence-corrected chi connectivity index (χ1v) is 12.4. The summed E-state index contributed by atoms with van der Waals surface area (Å²) in [5, 5.41) is 2.94. The second-order valence-corrected chi connectivity index (χ2v) is 10.1. The molecule has 0 saturated carbocycles. The average Bonchev–Trinajstić information content (AvgIpc) is 2.91. The van der Waals surface area contributed by atoms with Gasteiger partial charge in [-0.2, -0.15) is 0 Å². The van der Waals surface area contributed by atoms with Gasteiger partial charge in [0, 0.05) is 38.5 Å². The highest BCUT2D eigenvalue weighted by molar-refractivity contribution is 5.96. The Bertz CT molecular complexity index is 1180. The molecule has 1 saturated heterocycles. The fourth-order valence-corrected chi connectivity index (χ4v) is 4.27. The number of hydrogen-bond acceptors (Lipinski definition) is 4. The second kappa shape index (κ2) is 11.2. The molecule has 3 aromatic rings. The smallest absolute Gasteiger partial charge is 0.249 e. The van der Waals surface area contributed by atoms with Crippen LogP contribution in [0.4, 0.5) is 5.82 Å². The van der Waals surface area contributed by atoms with Gasteiger partial charge in [0.15, 0.2) is 0 Å². The molecule has 1 N–H and O–H groups in total. The molecule has 1 aliphatic rings. The van der Waals surface area contributed by atoms with Crippen molar-refractivity contribution in [2.75, 3.05) is 31.1 Å². The van der Waals surface area contributed by atoms with E-state index in [0.29, 0.717) is 26.2 Å². The molecule has 2 amide bonds. The zero-order valence-corrected chi connectivity index (χ0v) is 21.2. The zero-order chi connectivity index (χ0) is 25.5. The summed E-state index contributed by atoms with van der Waals surface area (Å²) in [6.45, 7) is 9.06. The quantitative estimate of drug-likeness (QED) is 0.522. The predicted molar refractivity (Wildman–Crippen MR) is 145 cm³/mol. The Labute approximate surface area is 213 Å². The van der Waals surface area contributed by atoms with Crippen molar-refractivity contribution in [3.05, 3.63) is 102 Å². The van der Waals surface area contributed by atoms with Gasteiger partial charge >= 0.3 is 0 Å². The lowest BCUT2D eigenvalue weighted by Crippen LogP contribution is -2.52. The Kier molecular flexibility index (Phi) is 7.84. The molecule has 1 fully saturated rings. The number of benzene rings is 2. The van der Waals surface area contributed by atoms with Crippen molar-refractivity contribution in [1.29, 1.82) is 0 Å². The number of anilines is 1. The van der Waals surface area contributed by atoms with Crippen LogP contribution in [-0.4, -0.2) is 47.9 Å². The van der Waals surface area contributed by atoms with Gasteiger partial charge in [-0.3, -0.25) is 9.59 Å². The lowest BCUT2D eigenvalue weighted by Gasteiger charge is -2.37. The molecule has 186 valence electrons. The van der Waals surface area contributed by atoms with Crippen LogP contribution in [0.15, 0.2) is 85.1 Å². The fraction of sp³-hybridized carbons (Fsp3) is 0.300. The van der Waals surface area contributed by atoms with Gasteiger partial charge in [-0.15, -0.1) is 0 Å². The van der Waals surface area contributed by atoms with Crippen molar-refractivity contribution in [3.8, 4) is 0 Å². The van der Waals surface area contributed by atoms with E-state index in [1.54, 1.807) is 12.3 Å². The average molecular weight is 483 g/mol. The van der Waals surface area contributed by atoms with Crippen molar-refractivity contribution < 1.29 is 9.59 Å². The molecule has 0 radical (unpaired) electrons. The first-order chi connectivity index (χ1) is 17.3. The van der Waals surface area contributed by atoms with Crippen molar-refractivity contribution in [1.82, 2.24) is 15.2 Å². The third kappa shape index (κ3) is 6.39. The number of piperazine rings is 1. The molecular weight excluding hydrogens is 448 g/mol. The molecule has 1 aliphatic heterocycles. The van der Waals surface area contributed by atoms with E-state index < -0.39 is 6.04 Å². The van der Waals surface area contributed by atoms with Crippen LogP contribution >= 0.6 is 0 Å². The van der Waals surface area contributed by atoms with Gasteiger partial charge in [-0.25, -0.2) is 4.98 Å². The van der Waals surface area contributed by atoms with Crippen LogP contribution in [0.25, 0.3) is 6.08 Å². The number of amides is 2. The van der Waals surface area contributed by atoms with Crippen LogP contribution in [-0.2, 0) is 15.0 Å². The topological polar surface area (TPSA) is 65.5 Å². The van der Waals surface area contributed by atoms with Crippen LogP contribution in [0, 0.1) is 0 Å². The number of nitrogens with zero attached hydrogens (tertiary/aromatic N) is 3. The van der Waals surface area contributed by atoms with Crippen molar-refractivity contribution in [2.45, 2.75) is 32.2 Å². The summed E-state index contributed by atoms with van der Waals surface area (Å²) in [5.41, 5.74) is 3.02. The first kappa shape index (κ1) is 25.2. The number of rotatable bonds is 6. The Morgan fingerprint density at radius 3 is 2.17 bits per heavy atom. The van der Waals surface area contributed by atoms with Crippen LogP contribution in [0.3, 0.4) is 0 Å². The van der Waals surface area contributed by atoms with Crippen molar-refractivity contribution in [2.24, 2.45) is 0 Å².